The molecule has 0 aliphatic carbocycles. The summed E-state index contributed by atoms with van der Waals surface area (Å²) in [6.45, 7) is 1.42. The first-order valence-corrected chi connectivity index (χ1v) is 4.06. The summed E-state index contributed by atoms with van der Waals surface area (Å²) < 4.78 is 25.9. The number of carbonyl (C=O) groups is 1. The molecule has 0 saturated heterocycles. The summed E-state index contributed by atoms with van der Waals surface area (Å²) in [6.07, 6.45) is 0. The minimum Gasteiger partial charge on any atom is -0.350 e. The van der Waals surface area contributed by atoms with Crippen molar-refractivity contribution < 1.29 is 13.6 Å². The number of hydrogen-bond acceptors (Lipinski definition) is 2. The summed E-state index contributed by atoms with van der Waals surface area (Å²) >= 11 is 0. The van der Waals surface area contributed by atoms with E-state index in [9.17, 15) is 13.6 Å². The fraction of sp³-hybridized carbons (Fsp3) is 0.111. The van der Waals surface area contributed by atoms with Gasteiger partial charge < -0.3 is 5.73 Å². The Bertz CT molecular complexity index is 418. The van der Waals surface area contributed by atoms with Crippen molar-refractivity contribution in [1.29, 1.82) is 0 Å². The Labute approximate surface area is 84.8 Å². The minimum absolute atomic E-state index is 0.0243. The lowest BCUT2D eigenvalue weighted by Crippen LogP contribution is -2.25. The van der Waals surface area contributed by atoms with E-state index in [4.69, 9.17) is 5.73 Å². The van der Waals surface area contributed by atoms with Crippen molar-refractivity contribution in [1.82, 2.24) is 5.43 Å². The number of urea groups is 1. The van der Waals surface area contributed by atoms with Crippen molar-refractivity contribution in [2.75, 3.05) is 0 Å². The zero-order valence-corrected chi connectivity index (χ0v) is 7.92. The third-order valence-electron chi connectivity index (χ3n) is 1.65. The van der Waals surface area contributed by atoms with Gasteiger partial charge in [0.25, 0.3) is 0 Å². The molecule has 0 heterocycles. The lowest BCUT2D eigenvalue weighted by Gasteiger charge is -2.02. The summed E-state index contributed by atoms with van der Waals surface area (Å²) in [7, 11) is 0. The first-order valence-electron chi connectivity index (χ1n) is 4.06. The second-order valence-electron chi connectivity index (χ2n) is 2.80. The van der Waals surface area contributed by atoms with Crippen molar-refractivity contribution in [2.24, 2.45) is 10.8 Å². The zero-order chi connectivity index (χ0) is 11.4. The normalized spacial score (nSPS) is 11.3. The second kappa shape index (κ2) is 4.50. The van der Waals surface area contributed by atoms with Crippen LogP contribution in [0.4, 0.5) is 13.6 Å². The molecule has 15 heavy (non-hydrogen) atoms. The van der Waals surface area contributed by atoms with Gasteiger partial charge in [-0.25, -0.2) is 19.0 Å². The molecule has 6 heteroatoms. The molecular formula is C9H9F2N3O. The SMILES string of the molecule is CC(=NNC(N)=O)c1cc(F)ccc1F. The van der Waals surface area contributed by atoms with Crippen LogP contribution in [-0.2, 0) is 0 Å². The van der Waals surface area contributed by atoms with Crippen LogP contribution in [0.1, 0.15) is 12.5 Å². The van der Waals surface area contributed by atoms with Crippen LogP contribution in [0.2, 0.25) is 0 Å². The lowest BCUT2D eigenvalue weighted by atomic mass is 10.1. The Hall–Kier alpha value is -1.98. The molecule has 0 bridgehead atoms. The van der Waals surface area contributed by atoms with E-state index in [1.807, 2.05) is 5.43 Å². The average Bonchev–Trinajstić information content (AvgIpc) is 2.18. The fourth-order valence-electron chi connectivity index (χ4n) is 0.974. The molecule has 0 aliphatic heterocycles. The van der Waals surface area contributed by atoms with Crippen molar-refractivity contribution in [3.63, 3.8) is 0 Å². The number of hydrogen-bond donors (Lipinski definition) is 2. The first-order chi connectivity index (χ1) is 7.00. The molecule has 0 aliphatic rings. The van der Waals surface area contributed by atoms with Gasteiger partial charge in [-0.15, -0.1) is 0 Å². The van der Waals surface area contributed by atoms with Crippen LogP contribution in [0.15, 0.2) is 23.3 Å². The van der Waals surface area contributed by atoms with Gasteiger partial charge in [0, 0.05) is 5.56 Å². The highest BCUT2D eigenvalue weighted by molar-refractivity contribution is 5.99. The molecule has 80 valence electrons. The van der Waals surface area contributed by atoms with Crippen LogP contribution in [0.5, 0.6) is 0 Å². The van der Waals surface area contributed by atoms with Gasteiger partial charge in [-0.2, -0.15) is 5.10 Å². The highest BCUT2D eigenvalue weighted by Gasteiger charge is 2.06. The standard InChI is InChI=1S/C9H9F2N3O/c1-5(13-14-9(12)15)7-4-6(10)2-3-8(7)11/h2-4H,1H3,(H3,12,14,15). The average molecular weight is 213 g/mol. The van der Waals surface area contributed by atoms with Crippen LogP contribution >= 0.6 is 0 Å². The topological polar surface area (TPSA) is 67.5 Å². The summed E-state index contributed by atoms with van der Waals surface area (Å²) in [5, 5.41) is 3.48. The maximum atomic E-state index is 13.2. The molecule has 0 fully saturated rings. The molecule has 1 rings (SSSR count). The Morgan fingerprint density at radius 2 is 2.13 bits per heavy atom. The van der Waals surface area contributed by atoms with Crippen LogP contribution in [-0.4, -0.2) is 11.7 Å². The number of primary amides is 1. The summed E-state index contributed by atoms with van der Waals surface area (Å²) in [5.74, 6) is -1.20. The number of rotatable bonds is 2. The van der Waals surface area contributed by atoms with Gasteiger partial charge in [-0.3, -0.25) is 0 Å². The van der Waals surface area contributed by atoms with E-state index in [0.717, 1.165) is 18.2 Å². The van der Waals surface area contributed by atoms with Crippen molar-refractivity contribution in [3.8, 4) is 0 Å². The molecule has 0 saturated carbocycles. The van der Waals surface area contributed by atoms with Gasteiger partial charge in [0.2, 0.25) is 0 Å². The van der Waals surface area contributed by atoms with Crippen LogP contribution in [0.25, 0.3) is 0 Å². The van der Waals surface area contributed by atoms with Gasteiger partial charge >= 0.3 is 6.03 Å². The predicted octanol–water partition coefficient (Wildman–Crippen LogP) is 1.36. The molecule has 0 radical (unpaired) electrons. The summed E-state index contributed by atoms with van der Waals surface area (Å²) in [6, 6.07) is 2.09. The Kier molecular flexibility index (Phi) is 3.33. The van der Waals surface area contributed by atoms with Crippen molar-refractivity contribution in [2.45, 2.75) is 6.92 Å². The van der Waals surface area contributed by atoms with Gasteiger partial charge in [-0.05, 0) is 25.1 Å². The Balaban J connectivity index is 2.99. The molecule has 0 spiro atoms. The van der Waals surface area contributed by atoms with Crippen molar-refractivity contribution >= 4 is 11.7 Å². The van der Waals surface area contributed by atoms with E-state index in [0.29, 0.717) is 0 Å². The van der Waals surface area contributed by atoms with Gasteiger partial charge in [0.05, 0.1) is 5.71 Å². The summed E-state index contributed by atoms with van der Waals surface area (Å²) in [4.78, 5) is 10.3. The van der Waals surface area contributed by atoms with Gasteiger partial charge in [0.1, 0.15) is 11.6 Å². The zero-order valence-electron chi connectivity index (χ0n) is 7.92. The Morgan fingerprint density at radius 3 is 2.73 bits per heavy atom. The summed E-state index contributed by atoms with van der Waals surface area (Å²) in [5.41, 5.74) is 6.80. The third kappa shape index (κ3) is 3.01. The molecule has 0 unspecified atom stereocenters. The molecular weight excluding hydrogens is 204 g/mol. The van der Waals surface area contributed by atoms with E-state index in [1.165, 1.54) is 6.92 Å². The number of nitrogens with zero attached hydrogens (tertiary/aromatic N) is 1. The molecule has 0 aromatic heterocycles. The smallest absolute Gasteiger partial charge is 0.332 e. The maximum Gasteiger partial charge on any atom is 0.332 e. The van der Waals surface area contributed by atoms with E-state index in [2.05, 4.69) is 5.10 Å². The molecule has 3 N–H and O–H groups in total. The number of halogens is 2. The maximum absolute atomic E-state index is 13.2. The monoisotopic (exact) mass is 213 g/mol. The second-order valence-corrected chi connectivity index (χ2v) is 2.80. The molecule has 0 atom stereocenters. The molecule has 1 aromatic rings. The van der Waals surface area contributed by atoms with E-state index >= 15 is 0 Å². The third-order valence-corrected chi connectivity index (χ3v) is 1.65. The first kappa shape index (κ1) is 11.1. The van der Waals surface area contributed by atoms with Crippen LogP contribution in [0.3, 0.4) is 0 Å². The van der Waals surface area contributed by atoms with Crippen molar-refractivity contribution in [3.05, 3.63) is 35.4 Å². The fourth-order valence-corrected chi connectivity index (χ4v) is 0.974. The van der Waals surface area contributed by atoms with E-state index in [-0.39, 0.29) is 11.3 Å². The quantitative estimate of drug-likeness (QED) is 0.565. The molecule has 1 aromatic carbocycles. The molecule has 4 nitrogen and oxygen atoms in total. The van der Waals surface area contributed by atoms with E-state index in [1.54, 1.807) is 0 Å². The number of benzene rings is 1. The Morgan fingerprint density at radius 1 is 1.47 bits per heavy atom. The predicted molar refractivity (Wildman–Crippen MR) is 51.3 cm³/mol. The number of nitrogens with one attached hydrogen (secondary N) is 1. The number of hydrazone groups is 1. The highest BCUT2D eigenvalue weighted by atomic mass is 19.1. The number of amides is 2. The highest BCUT2D eigenvalue weighted by Crippen LogP contribution is 2.10. The van der Waals surface area contributed by atoms with Gasteiger partial charge in [-0.1, -0.05) is 0 Å². The lowest BCUT2D eigenvalue weighted by molar-refractivity contribution is 0.249. The number of carbonyl (C=O) groups excluding carboxylic acids is 1. The van der Waals surface area contributed by atoms with Crippen LogP contribution < -0.4 is 11.2 Å². The number of nitrogens with two attached hydrogens (primary N) is 1. The minimum atomic E-state index is -0.869. The molecule has 2 amide bonds. The van der Waals surface area contributed by atoms with Gasteiger partial charge in [0.15, 0.2) is 0 Å². The van der Waals surface area contributed by atoms with E-state index < -0.39 is 17.7 Å². The van der Waals surface area contributed by atoms with Crippen LogP contribution in [0, 0.1) is 11.6 Å². The largest absolute Gasteiger partial charge is 0.350 e.